The molecule has 0 amide bonds. The molecule has 2 N–H and O–H groups in total. The lowest BCUT2D eigenvalue weighted by molar-refractivity contribution is 0.482. The van der Waals surface area contributed by atoms with Crippen LogP contribution in [0.3, 0.4) is 0 Å². The maximum atomic E-state index is 12.4. The number of benzene rings is 3. The summed E-state index contributed by atoms with van der Waals surface area (Å²) in [6, 6.07) is 23.6. The molecule has 0 saturated carbocycles. The van der Waals surface area contributed by atoms with Crippen molar-refractivity contribution in [1.82, 2.24) is 10.0 Å². The second kappa shape index (κ2) is 8.86. The fourth-order valence-corrected chi connectivity index (χ4v) is 3.79. The van der Waals surface area contributed by atoms with E-state index in [1.807, 2.05) is 61.5 Å². The highest BCUT2D eigenvalue weighted by Gasteiger charge is 2.15. The zero-order valence-electron chi connectivity index (χ0n) is 15.3. The van der Waals surface area contributed by atoms with Crippen molar-refractivity contribution in [3.05, 3.63) is 90.0 Å². The molecule has 0 atom stereocenters. The predicted octanol–water partition coefficient (Wildman–Crippen LogP) is 4.14. The van der Waals surface area contributed by atoms with Crippen LogP contribution in [0.1, 0.15) is 11.1 Å². The lowest BCUT2D eigenvalue weighted by Gasteiger charge is -2.12. The zero-order chi connectivity index (χ0) is 20.0. The first-order chi connectivity index (χ1) is 13.4. The topological polar surface area (TPSA) is 67.4 Å². The van der Waals surface area contributed by atoms with E-state index in [2.05, 4.69) is 10.0 Å². The summed E-state index contributed by atoms with van der Waals surface area (Å²) < 4.78 is 32.9. The van der Waals surface area contributed by atoms with Gasteiger partial charge in [0.15, 0.2) is 5.11 Å². The van der Waals surface area contributed by atoms with Gasteiger partial charge in [-0.2, -0.15) is 0 Å². The second-order valence-electron chi connectivity index (χ2n) is 6.16. The van der Waals surface area contributed by atoms with E-state index in [-0.39, 0.29) is 10.0 Å². The maximum absolute atomic E-state index is 12.4. The summed E-state index contributed by atoms with van der Waals surface area (Å²) in [5, 5.41) is 2.95. The number of nitrogens with one attached hydrogen (secondary N) is 2. The third-order valence-corrected chi connectivity index (χ3v) is 5.63. The Morgan fingerprint density at radius 3 is 2.32 bits per heavy atom. The number of aryl methyl sites for hydroxylation is 1. The molecule has 0 aliphatic heterocycles. The van der Waals surface area contributed by atoms with Gasteiger partial charge in [0.2, 0.25) is 0 Å². The third kappa shape index (κ3) is 5.55. The molecule has 0 aromatic heterocycles. The number of sulfonamides is 1. The van der Waals surface area contributed by atoms with Crippen LogP contribution >= 0.6 is 12.2 Å². The number of ether oxygens (including phenoxy) is 1. The number of hydrogen-bond acceptors (Lipinski definition) is 4. The largest absolute Gasteiger partial charge is 0.457 e. The average molecular weight is 413 g/mol. The van der Waals surface area contributed by atoms with Gasteiger partial charge in [0, 0.05) is 6.54 Å². The molecule has 0 bridgehead atoms. The molecule has 0 heterocycles. The SMILES string of the molecule is Cc1ccc(S(=O)(=O)NC(=S)NCc2cccc(Oc3ccccc3)c2)cc1. The van der Waals surface area contributed by atoms with Gasteiger partial charge >= 0.3 is 0 Å². The quantitative estimate of drug-likeness (QED) is 0.596. The van der Waals surface area contributed by atoms with E-state index < -0.39 is 10.0 Å². The fourth-order valence-electron chi connectivity index (χ4n) is 2.46. The Hall–Kier alpha value is -2.90. The van der Waals surface area contributed by atoms with Crippen LogP contribution in [0, 0.1) is 6.92 Å². The van der Waals surface area contributed by atoms with Gasteiger partial charge in [-0.1, -0.05) is 48.0 Å². The van der Waals surface area contributed by atoms with Crippen LogP contribution in [0.25, 0.3) is 0 Å². The minimum absolute atomic E-state index is 0.0370. The summed E-state index contributed by atoms with van der Waals surface area (Å²) in [4.78, 5) is 0.167. The summed E-state index contributed by atoms with van der Waals surface area (Å²) in [6.07, 6.45) is 0. The number of thiocarbonyl (C=S) groups is 1. The Morgan fingerprint density at radius 2 is 1.61 bits per heavy atom. The first-order valence-corrected chi connectivity index (χ1v) is 10.5. The van der Waals surface area contributed by atoms with Crippen molar-refractivity contribution in [2.75, 3.05) is 0 Å². The van der Waals surface area contributed by atoms with Gasteiger partial charge in [0.05, 0.1) is 4.90 Å². The van der Waals surface area contributed by atoms with Crippen LogP contribution in [-0.2, 0) is 16.6 Å². The van der Waals surface area contributed by atoms with Gasteiger partial charge in [-0.25, -0.2) is 8.42 Å². The van der Waals surface area contributed by atoms with Gasteiger partial charge in [0.1, 0.15) is 11.5 Å². The standard InChI is InChI=1S/C21H20N2O3S2/c1-16-10-12-20(13-11-16)28(24,25)23-21(27)22-15-17-6-5-9-19(14-17)26-18-7-3-2-4-8-18/h2-14H,15H2,1H3,(H2,22,23,27). The third-order valence-electron chi connectivity index (χ3n) is 3.89. The Morgan fingerprint density at radius 1 is 0.929 bits per heavy atom. The Labute approximate surface area is 170 Å². The van der Waals surface area contributed by atoms with E-state index in [1.165, 1.54) is 0 Å². The summed E-state index contributed by atoms with van der Waals surface area (Å²) in [7, 11) is -3.71. The van der Waals surface area contributed by atoms with Crippen molar-refractivity contribution in [3.8, 4) is 11.5 Å². The van der Waals surface area contributed by atoms with Crippen LogP contribution in [0.4, 0.5) is 0 Å². The van der Waals surface area contributed by atoms with Crippen molar-refractivity contribution in [2.45, 2.75) is 18.4 Å². The van der Waals surface area contributed by atoms with E-state index in [0.717, 1.165) is 16.9 Å². The molecule has 144 valence electrons. The van der Waals surface area contributed by atoms with Gasteiger partial charge < -0.3 is 10.1 Å². The fraction of sp³-hybridized carbons (Fsp3) is 0.0952. The lowest BCUT2D eigenvalue weighted by atomic mass is 10.2. The van der Waals surface area contributed by atoms with Crippen molar-refractivity contribution in [3.63, 3.8) is 0 Å². The van der Waals surface area contributed by atoms with Gasteiger partial charge in [-0.05, 0) is 61.1 Å². The summed E-state index contributed by atoms with van der Waals surface area (Å²) in [5.41, 5.74) is 1.89. The van der Waals surface area contributed by atoms with E-state index in [9.17, 15) is 8.42 Å². The van der Waals surface area contributed by atoms with Crippen molar-refractivity contribution >= 4 is 27.4 Å². The summed E-state index contributed by atoms with van der Waals surface area (Å²) in [5.74, 6) is 1.44. The first-order valence-electron chi connectivity index (χ1n) is 8.61. The first kappa shape index (κ1) is 19.9. The predicted molar refractivity (Wildman–Crippen MR) is 114 cm³/mol. The monoisotopic (exact) mass is 412 g/mol. The van der Waals surface area contributed by atoms with Crippen LogP contribution < -0.4 is 14.8 Å². The molecule has 0 unspecified atom stereocenters. The highest BCUT2D eigenvalue weighted by molar-refractivity contribution is 7.91. The molecule has 28 heavy (non-hydrogen) atoms. The molecule has 0 spiro atoms. The van der Waals surface area contributed by atoms with Crippen molar-refractivity contribution < 1.29 is 13.2 Å². The number of rotatable bonds is 6. The van der Waals surface area contributed by atoms with Gasteiger partial charge in [0.25, 0.3) is 10.0 Å². The Balaban J connectivity index is 1.58. The van der Waals surface area contributed by atoms with Crippen LogP contribution in [0.15, 0.2) is 83.8 Å². The second-order valence-corrected chi connectivity index (χ2v) is 8.25. The molecule has 0 radical (unpaired) electrons. The summed E-state index contributed by atoms with van der Waals surface area (Å²) in [6.45, 7) is 2.26. The minimum atomic E-state index is -3.71. The average Bonchev–Trinajstić information content (AvgIpc) is 2.67. The van der Waals surface area contributed by atoms with Gasteiger partial charge in [-0.3, -0.25) is 4.72 Å². The molecular formula is C21H20N2O3S2. The molecule has 3 aromatic carbocycles. The van der Waals surface area contributed by atoms with Crippen molar-refractivity contribution in [1.29, 1.82) is 0 Å². The molecule has 0 fully saturated rings. The van der Waals surface area contributed by atoms with E-state index in [4.69, 9.17) is 17.0 Å². The molecule has 0 saturated heterocycles. The van der Waals surface area contributed by atoms with Crippen LogP contribution in [0.2, 0.25) is 0 Å². The summed E-state index contributed by atoms with van der Waals surface area (Å²) >= 11 is 5.13. The lowest BCUT2D eigenvalue weighted by Crippen LogP contribution is -2.38. The molecule has 3 aromatic rings. The Bertz CT molecular complexity index is 1050. The molecule has 7 heteroatoms. The number of hydrogen-bond donors (Lipinski definition) is 2. The highest BCUT2D eigenvalue weighted by atomic mass is 32.2. The molecule has 5 nitrogen and oxygen atoms in total. The molecule has 3 rings (SSSR count). The van der Waals surface area contributed by atoms with E-state index in [1.54, 1.807) is 24.3 Å². The zero-order valence-corrected chi connectivity index (χ0v) is 16.9. The molecule has 0 aliphatic rings. The molecular weight excluding hydrogens is 392 g/mol. The smallest absolute Gasteiger partial charge is 0.263 e. The van der Waals surface area contributed by atoms with Crippen molar-refractivity contribution in [2.24, 2.45) is 0 Å². The van der Waals surface area contributed by atoms with E-state index in [0.29, 0.717) is 12.3 Å². The van der Waals surface area contributed by atoms with Gasteiger partial charge in [-0.15, -0.1) is 0 Å². The number of para-hydroxylation sites is 1. The minimum Gasteiger partial charge on any atom is -0.457 e. The Kier molecular flexibility index (Phi) is 6.28. The van der Waals surface area contributed by atoms with E-state index >= 15 is 0 Å². The maximum Gasteiger partial charge on any atom is 0.263 e. The highest BCUT2D eigenvalue weighted by Crippen LogP contribution is 2.21. The van der Waals surface area contributed by atoms with Crippen LogP contribution in [-0.4, -0.2) is 13.5 Å². The normalized spacial score (nSPS) is 10.9. The molecule has 0 aliphatic carbocycles. The van der Waals surface area contributed by atoms with Crippen LogP contribution in [0.5, 0.6) is 11.5 Å².